The Morgan fingerprint density at radius 2 is 1.94 bits per heavy atom. The molecule has 2 amide bonds. The summed E-state index contributed by atoms with van der Waals surface area (Å²) >= 11 is 0. The molecule has 0 aliphatic heterocycles. The van der Waals surface area contributed by atoms with Gasteiger partial charge in [0.15, 0.2) is 0 Å². The largest absolute Gasteiger partial charge is 0.465 e. The molecule has 3 rings (SSSR count). The summed E-state index contributed by atoms with van der Waals surface area (Å²) < 4.78 is 0. The van der Waals surface area contributed by atoms with Gasteiger partial charge in [0.05, 0.1) is 30.0 Å². The van der Waals surface area contributed by atoms with Crippen LogP contribution in [0, 0.1) is 0 Å². The average Bonchev–Trinajstić information content (AvgIpc) is 2.81. The van der Waals surface area contributed by atoms with Gasteiger partial charge in [0.2, 0.25) is 5.91 Å². The van der Waals surface area contributed by atoms with Gasteiger partial charge in [-0.05, 0) is 83.1 Å². The molecule has 1 aliphatic carbocycles. The molecule has 0 saturated carbocycles. The van der Waals surface area contributed by atoms with Crippen LogP contribution in [0.2, 0.25) is 0 Å². The molecule has 2 aromatic heterocycles. The third kappa shape index (κ3) is 7.25. The van der Waals surface area contributed by atoms with E-state index in [-0.39, 0.29) is 11.9 Å². The zero-order chi connectivity index (χ0) is 24.6. The fourth-order valence-corrected chi connectivity index (χ4v) is 4.44. The molecule has 0 radical (unpaired) electrons. The van der Waals surface area contributed by atoms with Crippen molar-refractivity contribution in [1.29, 1.82) is 0 Å². The monoisotopic (exact) mass is 467 g/mol. The Balaban J connectivity index is 1.64. The van der Waals surface area contributed by atoms with E-state index in [9.17, 15) is 14.7 Å². The number of hydrogen-bond donors (Lipinski definition) is 3. The molecule has 8 heteroatoms. The van der Waals surface area contributed by atoms with E-state index in [1.54, 1.807) is 6.20 Å². The molecule has 2 heterocycles. The number of hydrogen-bond acceptors (Lipinski definition) is 5. The van der Waals surface area contributed by atoms with E-state index >= 15 is 0 Å². The second-order valence-corrected chi connectivity index (χ2v) is 9.85. The lowest BCUT2D eigenvalue weighted by atomic mass is 9.91. The Morgan fingerprint density at radius 3 is 2.65 bits per heavy atom. The Hall–Kier alpha value is -3.00. The van der Waals surface area contributed by atoms with Gasteiger partial charge in [-0.2, -0.15) is 0 Å². The van der Waals surface area contributed by atoms with Crippen molar-refractivity contribution in [2.75, 3.05) is 6.54 Å². The van der Waals surface area contributed by atoms with E-state index in [1.807, 2.05) is 51.2 Å². The summed E-state index contributed by atoms with van der Waals surface area (Å²) in [6, 6.07) is 9.34. The summed E-state index contributed by atoms with van der Waals surface area (Å²) in [5, 5.41) is 16.1. The number of aryl methyl sites for hydroxylation is 1. The van der Waals surface area contributed by atoms with E-state index in [0.717, 1.165) is 37.1 Å². The predicted octanol–water partition coefficient (Wildman–Crippen LogP) is 4.08. The van der Waals surface area contributed by atoms with Crippen LogP contribution in [0.15, 0.2) is 42.7 Å². The molecule has 8 nitrogen and oxygen atoms in total. The normalized spacial score (nSPS) is 16.4. The first-order chi connectivity index (χ1) is 16.3. The number of fused-ring (bicyclic) bond motifs is 1. The lowest BCUT2D eigenvalue weighted by Gasteiger charge is -2.33. The number of carbonyl (C=O) groups is 2. The highest BCUT2D eigenvalue weighted by atomic mass is 16.4. The van der Waals surface area contributed by atoms with Gasteiger partial charge in [-0.3, -0.25) is 20.1 Å². The van der Waals surface area contributed by atoms with Crippen molar-refractivity contribution in [3.05, 3.63) is 59.7 Å². The second-order valence-electron chi connectivity index (χ2n) is 9.85. The molecule has 3 N–H and O–H groups in total. The maximum absolute atomic E-state index is 13.2. The number of aromatic nitrogens is 2. The van der Waals surface area contributed by atoms with E-state index in [0.29, 0.717) is 25.9 Å². The average molecular weight is 468 g/mol. The first-order valence-corrected chi connectivity index (χ1v) is 12.1. The lowest BCUT2D eigenvalue weighted by Crippen LogP contribution is -2.47. The van der Waals surface area contributed by atoms with Crippen LogP contribution in [0.3, 0.4) is 0 Å². The highest BCUT2D eigenvalue weighted by Crippen LogP contribution is 2.28. The zero-order valence-corrected chi connectivity index (χ0v) is 20.5. The van der Waals surface area contributed by atoms with Gasteiger partial charge >= 0.3 is 6.09 Å². The highest BCUT2D eigenvalue weighted by Gasteiger charge is 2.28. The molecule has 34 heavy (non-hydrogen) atoms. The van der Waals surface area contributed by atoms with Crippen LogP contribution in [0.25, 0.3) is 0 Å². The Labute approximate surface area is 202 Å². The van der Waals surface area contributed by atoms with Crippen molar-refractivity contribution in [3.8, 4) is 0 Å². The Bertz CT molecular complexity index is 945. The summed E-state index contributed by atoms with van der Waals surface area (Å²) in [6.45, 7) is 6.49. The van der Waals surface area contributed by atoms with Crippen LogP contribution in [0.1, 0.15) is 75.9 Å². The first kappa shape index (κ1) is 25.6. The third-order valence-corrected chi connectivity index (χ3v) is 6.25. The minimum atomic E-state index is -0.917. The Morgan fingerprint density at radius 1 is 1.15 bits per heavy atom. The first-order valence-electron chi connectivity index (χ1n) is 12.1. The smallest absolute Gasteiger partial charge is 0.407 e. The van der Waals surface area contributed by atoms with Crippen molar-refractivity contribution < 1.29 is 14.7 Å². The van der Waals surface area contributed by atoms with Crippen molar-refractivity contribution >= 4 is 12.0 Å². The van der Waals surface area contributed by atoms with Gasteiger partial charge in [-0.25, -0.2) is 4.79 Å². The van der Waals surface area contributed by atoms with E-state index in [1.165, 1.54) is 10.5 Å². The van der Waals surface area contributed by atoms with Crippen molar-refractivity contribution in [3.63, 3.8) is 0 Å². The molecule has 0 saturated heterocycles. The maximum atomic E-state index is 13.2. The van der Waals surface area contributed by atoms with Crippen LogP contribution in [-0.2, 0) is 17.8 Å². The van der Waals surface area contributed by atoms with Crippen molar-refractivity contribution in [2.45, 2.75) is 83.5 Å². The number of amides is 2. The number of rotatable bonds is 10. The summed E-state index contributed by atoms with van der Waals surface area (Å²) in [7, 11) is 0. The molecule has 1 aliphatic rings. The van der Waals surface area contributed by atoms with Crippen LogP contribution in [0.4, 0.5) is 4.79 Å². The predicted molar refractivity (Wildman–Crippen MR) is 131 cm³/mol. The van der Waals surface area contributed by atoms with E-state index < -0.39 is 17.7 Å². The minimum absolute atomic E-state index is 0.0284. The molecule has 0 spiro atoms. The molecular formula is C26H37N5O3. The fourth-order valence-electron chi connectivity index (χ4n) is 4.44. The zero-order valence-electron chi connectivity index (χ0n) is 20.5. The molecule has 0 aromatic carbocycles. The minimum Gasteiger partial charge on any atom is -0.465 e. The molecule has 2 atom stereocenters. The molecule has 184 valence electrons. The highest BCUT2D eigenvalue weighted by molar-refractivity contribution is 5.81. The summed E-state index contributed by atoms with van der Waals surface area (Å²) in [5.74, 6) is -0.0698. The number of pyridine rings is 2. The van der Waals surface area contributed by atoms with Gasteiger partial charge in [-0.1, -0.05) is 12.1 Å². The number of carboxylic acid groups (broad SMARTS) is 1. The number of nitrogens with one attached hydrogen (secondary N) is 2. The van der Waals surface area contributed by atoms with Crippen LogP contribution < -0.4 is 10.6 Å². The van der Waals surface area contributed by atoms with Gasteiger partial charge in [0.1, 0.15) is 0 Å². The number of carbonyl (C=O) groups excluding carboxylic acids is 1. The molecule has 0 fully saturated rings. The SMILES string of the molecule is CC(C)(C)N(CCCC[C@H](NC1CCCc2cccnc21)C(=O)NCc1ccccn1)C(=O)O. The molecular weight excluding hydrogens is 430 g/mol. The van der Waals surface area contributed by atoms with Crippen LogP contribution in [-0.4, -0.2) is 50.1 Å². The topological polar surface area (TPSA) is 107 Å². The van der Waals surface area contributed by atoms with Gasteiger partial charge in [0.25, 0.3) is 0 Å². The van der Waals surface area contributed by atoms with Gasteiger partial charge < -0.3 is 15.3 Å². The van der Waals surface area contributed by atoms with Crippen LogP contribution in [0.5, 0.6) is 0 Å². The number of unbranched alkanes of at least 4 members (excludes halogenated alkanes) is 1. The lowest BCUT2D eigenvalue weighted by molar-refractivity contribution is -0.123. The molecule has 1 unspecified atom stereocenters. The van der Waals surface area contributed by atoms with Crippen LogP contribution >= 0.6 is 0 Å². The second kappa shape index (κ2) is 11.9. The quantitative estimate of drug-likeness (QED) is 0.455. The Kier molecular flexibility index (Phi) is 8.98. The summed E-state index contributed by atoms with van der Waals surface area (Å²) in [4.78, 5) is 35.1. The summed E-state index contributed by atoms with van der Waals surface area (Å²) in [5.41, 5.74) is 2.62. The molecule has 0 bridgehead atoms. The number of nitrogens with zero attached hydrogens (tertiary/aromatic N) is 3. The molecule has 2 aromatic rings. The maximum Gasteiger partial charge on any atom is 0.407 e. The fraction of sp³-hybridized carbons (Fsp3) is 0.538. The van der Waals surface area contributed by atoms with Crippen molar-refractivity contribution in [1.82, 2.24) is 25.5 Å². The summed E-state index contributed by atoms with van der Waals surface area (Å²) in [6.07, 6.45) is 7.64. The van der Waals surface area contributed by atoms with Crippen molar-refractivity contribution in [2.24, 2.45) is 0 Å². The van der Waals surface area contributed by atoms with E-state index in [4.69, 9.17) is 0 Å². The van der Waals surface area contributed by atoms with E-state index in [2.05, 4.69) is 26.7 Å². The third-order valence-electron chi connectivity index (χ3n) is 6.25. The van der Waals surface area contributed by atoms with Gasteiger partial charge in [0, 0.05) is 24.5 Å². The standard InChI is InChI=1S/C26H37N5O3/c1-26(2,3)31(25(33)34)17-7-5-13-22(24(32)29-18-20-12-4-6-15-27-20)30-21-14-8-10-19-11-9-16-28-23(19)21/h4,6,9,11-12,15-16,21-22,30H,5,7-8,10,13-14,17-18H2,1-3H3,(H,29,32)(H,33,34)/t21?,22-/m0/s1. The van der Waals surface area contributed by atoms with Gasteiger partial charge in [-0.15, -0.1) is 0 Å².